The summed E-state index contributed by atoms with van der Waals surface area (Å²) in [7, 11) is 5.52. The predicted molar refractivity (Wildman–Crippen MR) is 167 cm³/mol. The van der Waals surface area contributed by atoms with Crippen molar-refractivity contribution in [3.05, 3.63) is 82.7 Å². The van der Waals surface area contributed by atoms with Gasteiger partial charge in [0.2, 0.25) is 5.91 Å². The monoisotopic (exact) mass is 588 g/mol. The van der Waals surface area contributed by atoms with Gasteiger partial charge in [-0.2, -0.15) is 0 Å². The van der Waals surface area contributed by atoms with Crippen LogP contribution in [0.4, 0.5) is 4.79 Å². The highest BCUT2D eigenvalue weighted by Crippen LogP contribution is 2.42. The van der Waals surface area contributed by atoms with Gasteiger partial charge in [0, 0.05) is 52.5 Å². The number of imidazole rings is 1. The summed E-state index contributed by atoms with van der Waals surface area (Å²) in [6.07, 6.45) is 7.33. The molecule has 1 fully saturated rings. The van der Waals surface area contributed by atoms with Crippen molar-refractivity contribution in [3.63, 3.8) is 0 Å². The summed E-state index contributed by atoms with van der Waals surface area (Å²) < 4.78 is 12.1. The van der Waals surface area contributed by atoms with Gasteiger partial charge in [-0.25, -0.2) is 9.78 Å². The Morgan fingerprint density at radius 3 is 2.51 bits per heavy atom. The number of nitrogens with zero attached hydrogens (tertiary/aromatic N) is 5. The molecule has 5 rings (SSSR count). The summed E-state index contributed by atoms with van der Waals surface area (Å²) in [6, 6.07) is 10.1. The van der Waals surface area contributed by atoms with Gasteiger partial charge < -0.3 is 29.2 Å². The summed E-state index contributed by atoms with van der Waals surface area (Å²) in [5.74, 6) is -0.0464. The van der Waals surface area contributed by atoms with Crippen molar-refractivity contribution in [2.24, 2.45) is 7.05 Å². The number of ether oxygens (including phenoxy) is 2. The molecule has 1 aromatic carbocycles. The first-order chi connectivity index (χ1) is 20.6. The number of rotatable bonds is 6. The summed E-state index contributed by atoms with van der Waals surface area (Å²) in [6.45, 7) is 11.4. The fraction of sp³-hybridized carbons (Fsp3) is 0.455. The van der Waals surface area contributed by atoms with Gasteiger partial charge in [-0.05, 0) is 62.2 Å². The third-order valence-corrected chi connectivity index (χ3v) is 7.72. The van der Waals surface area contributed by atoms with Gasteiger partial charge in [0.25, 0.3) is 0 Å². The lowest BCUT2D eigenvalue weighted by atomic mass is 9.87. The number of hydrogen-bond acceptors (Lipinski definition) is 7. The summed E-state index contributed by atoms with van der Waals surface area (Å²) in [5.41, 5.74) is 7.48. The lowest BCUT2D eigenvalue weighted by Crippen LogP contribution is -2.47. The lowest BCUT2D eigenvalue weighted by Gasteiger charge is -2.32. The Labute approximate surface area is 254 Å². The molecule has 2 aromatic heterocycles. The number of nitrogens with one attached hydrogen (secondary N) is 1. The molecule has 0 radical (unpaired) electrons. The van der Waals surface area contributed by atoms with Crippen molar-refractivity contribution in [3.8, 4) is 0 Å². The van der Waals surface area contributed by atoms with Crippen LogP contribution in [-0.4, -0.2) is 89.4 Å². The molecule has 0 saturated carbocycles. The van der Waals surface area contributed by atoms with Crippen molar-refractivity contribution in [2.45, 2.75) is 45.8 Å². The van der Waals surface area contributed by atoms with Crippen LogP contribution < -0.4 is 5.32 Å². The number of hydrogen-bond donors (Lipinski definition) is 1. The van der Waals surface area contributed by atoms with E-state index in [1.165, 1.54) is 12.7 Å². The first-order valence-electron chi connectivity index (χ1n) is 14.7. The van der Waals surface area contributed by atoms with Crippen LogP contribution in [0.1, 0.15) is 66.4 Å². The molecule has 10 nitrogen and oxygen atoms in total. The number of fused-ring (bicyclic) bond motifs is 2. The molecule has 1 aliphatic heterocycles. The molecule has 0 unspecified atom stereocenters. The first kappa shape index (κ1) is 31.9. The number of methoxy groups -OCH3 is 1. The summed E-state index contributed by atoms with van der Waals surface area (Å²) in [4.78, 5) is 36.9. The highest BCUT2D eigenvalue weighted by Gasteiger charge is 2.29. The molecule has 2 aliphatic rings. The molecular formula is C33H44N6O4. The largest absolute Gasteiger partial charge is 0.447 e. The topological polar surface area (TPSA) is 102 Å². The number of aryl methyl sites for hydroxylation is 2. The molecule has 0 spiro atoms. The first-order valence-corrected chi connectivity index (χ1v) is 14.7. The van der Waals surface area contributed by atoms with Crippen LogP contribution in [0.15, 0.2) is 49.1 Å². The average Bonchev–Trinajstić information content (AvgIpc) is 3.35. The van der Waals surface area contributed by atoms with Crippen molar-refractivity contribution < 1.29 is 19.1 Å². The number of likely N-dealkylation sites (N-methyl/N-ethyl adjacent to an activating group) is 1. The van der Waals surface area contributed by atoms with E-state index >= 15 is 0 Å². The van der Waals surface area contributed by atoms with Gasteiger partial charge in [0.05, 0.1) is 36.1 Å². The SMILES string of the molecule is CC(C)OC(=O)N1CCN(C)CC1.COCC(=O)N[C@H](C1=Cc2cccnc2[C@@H](C)c2ccc(C)cc21)c1cncn1C. The maximum Gasteiger partial charge on any atom is 0.410 e. The minimum Gasteiger partial charge on any atom is -0.447 e. The zero-order valence-corrected chi connectivity index (χ0v) is 26.3. The maximum absolute atomic E-state index is 12.6. The van der Waals surface area contributed by atoms with E-state index in [1.54, 1.807) is 17.4 Å². The number of benzene rings is 1. The van der Waals surface area contributed by atoms with Gasteiger partial charge in [-0.1, -0.05) is 36.8 Å². The number of amides is 2. The molecule has 230 valence electrons. The molecule has 10 heteroatoms. The van der Waals surface area contributed by atoms with E-state index in [-0.39, 0.29) is 36.7 Å². The summed E-state index contributed by atoms with van der Waals surface area (Å²) in [5, 5.41) is 3.15. The fourth-order valence-electron chi connectivity index (χ4n) is 5.40. The van der Waals surface area contributed by atoms with E-state index in [1.807, 2.05) is 37.7 Å². The minimum absolute atomic E-state index is 0.00312. The normalized spacial score (nSPS) is 17.1. The van der Waals surface area contributed by atoms with Crippen LogP contribution in [0.5, 0.6) is 0 Å². The van der Waals surface area contributed by atoms with Crippen LogP contribution >= 0.6 is 0 Å². The maximum atomic E-state index is 12.6. The standard InChI is InChI=1S/C24H26N4O2.C9H18N2O2/c1-15-7-8-18-16(2)23-17(6-5-9-26-23)11-20(19(18)10-15)24(27-22(29)13-30-4)21-12-25-14-28(21)3;1-8(2)13-9(12)11-6-4-10(3)5-7-11/h5-12,14,16,24H,13H2,1-4H3,(H,27,29);8H,4-7H2,1-3H3/t16-,24+;/m0./s1. The molecular weight excluding hydrogens is 544 g/mol. The third kappa shape index (κ3) is 7.88. The quantitative estimate of drug-likeness (QED) is 0.455. The van der Waals surface area contributed by atoms with Crippen molar-refractivity contribution in [1.82, 2.24) is 29.7 Å². The zero-order valence-electron chi connectivity index (χ0n) is 26.3. The molecule has 0 bridgehead atoms. The minimum atomic E-state index is -0.376. The van der Waals surface area contributed by atoms with E-state index < -0.39 is 0 Å². The molecule has 3 heterocycles. The Kier molecular flexibility index (Phi) is 10.7. The van der Waals surface area contributed by atoms with E-state index in [0.29, 0.717) is 0 Å². The molecule has 2 amide bonds. The molecule has 3 aromatic rings. The van der Waals surface area contributed by atoms with Crippen LogP contribution in [0.25, 0.3) is 11.6 Å². The zero-order chi connectivity index (χ0) is 31.1. The number of pyridine rings is 1. The molecule has 43 heavy (non-hydrogen) atoms. The smallest absolute Gasteiger partial charge is 0.410 e. The van der Waals surface area contributed by atoms with Crippen molar-refractivity contribution >= 4 is 23.6 Å². The lowest BCUT2D eigenvalue weighted by molar-refractivity contribution is -0.125. The van der Waals surface area contributed by atoms with Gasteiger partial charge in [0.15, 0.2) is 0 Å². The molecule has 1 aliphatic carbocycles. The Bertz CT molecular complexity index is 1440. The Hall–Kier alpha value is -4.02. The van der Waals surface area contributed by atoms with Gasteiger partial charge in [-0.3, -0.25) is 9.78 Å². The predicted octanol–water partition coefficient (Wildman–Crippen LogP) is 4.41. The van der Waals surface area contributed by atoms with Crippen molar-refractivity contribution in [1.29, 1.82) is 0 Å². The summed E-state index contributed by atoms with van der Waals surface area (Å²) >= 11 is 0. The average molecular weight is 589 g/mol. The number of carbonyl (C=O) groups excluding carboxylic acids is 2. The fourth-order valence-corrected chi connectivity index (χ4v) is 5.40. The van der Waals surface area contributed by atoms with E-state index in [0.717, 1.165) is 59.8 Å². The third-order valence-electron chi connectivity index (χ3n) is 7.72. The van der Waals surface area contributed by atoms with Gasteiger partial charge in [-0.15, -0.1) is 0 Å². The molecule has 1 N–H and O–H groups in total. The van der Waals surface area contributed by atoms with Crippen molar-refractivity contribution in [2.75, 3.05) is 46.9 Å². The second kappa shape index (κ2) is 14.4. The Morgan fingerprint density at radius 1 is 1.12 bits per heavy atom. The molecule has 1 saturated heterocycles. The van der Waals surface area contributed by atoms with E-state index in [2.05, 4.69) is 71.4 Å². The number of piperazine rings is 1. The highest BCUT2D eigenvalue weighted by molar-refractivity contribution is 5.91. The Balaban J connectivity index is 0.000000273. The van der Waals surface area contributed by atoms with Crippen LogP contribution in [-0.2, 0) is 21.3 Å². The number of carbonyl (C=O) groups is 2. The van der Waals surface area contributed by atoms with Gasteiger partial charge in [0.1, 0.15) is 6.61 Å². The van der Waals surface area contributed by atoms with Crippen LogP contribution in [0, 0.1) is 6.92 Å². The number of aromatic nitrogens is 3. The highest BCUT2D eigenvalue weighted by atomic mass is 16.6. The van der Waals surface area contributed by atoms with Gasteiger partial charge >= 0.3 is 6.09 Å². The van der Waals surface area contributed by atoms with Crippen LogP contribution in [0.2, 0.25) is 0 Å². The second-order valence-corrected chi connectivity index (χ2v) is 11.5. The van der Waals surface area contributed by atoms with E-state index in [4.69, 9.17) is 9.47 Å². The van der Waals surface area contributed by atoms with E-state index in [9.17, 15) is 9.59 Å². The molecule has 2 atom stereocenters. The Morgan fingerprint density at radius 2 is 1.86 bits per heavy atom. The van der Waals surface area contributed by atoms with Crippen LogP contribution in [0.3, 0.4) is 0 Å². The second-order valence-electron chi connectivity index (χ2n) is 11.5.